The Morgan fingerprint density at radius 3 is 2.26 bits per heavy atom. The van der Waals surface area contributed by atoms with E-state index in [9.17, 15) is 13.2 Å². The van der Waals surface area contributed by atoms with Crippen LogP contribution < -0.4 is 10.1 Å². The van der Waals surface area contributed by atoms with Crippen LogP contribution in [0.25, 0.3) is 0 Å². The predicted octanol–water partition coefficient (Wildman–Crippen LogP) is 1.98. The predicted molar refractivity (Wildman–Crippen MR) is 84.8 cm³/mol. The summed E-state index contributed by atoms with van der Waals surface area (Å²) in [6.45, 7) is -0.195. The fraction of sp³-hybridized carbons (Fsp3) is 0.125. The van der Waals surface area contributed by atoms with Gasteiger partial charge in [0.15, 0.2) is 16.4 Å². The van der Waals surface area contributed by atoms with Crippen molar-refractivity contribution in [2.75, 3.05) is 18.2 Å². The van der Waals surface area contributed by atoms with Gasteiger partial charge in [0, 0.05) is 11.9 Å². The molecule has 1 N–H and O–H groups in total. The van der Waals surface area contributed by atoms with Crippen LogP contribution in [0, 0.1) is 11.3 Å². The molecule has 23 heavy (non-hydrogen) atoms. The molecule has 0 aromatic heterocycles. The fourth-order valence-electron chi connectivity index (χ4n) is 1.76. The Labute approximate surface area is 134 Å². The topological polar surface area (TPSA) is 96.3 Å². The van der Waals surface area contributed by atoms with Crippen molar-refractivity contribution in [1.29, 1.82) is 5.26 Å². The van der Waals surface area contributed by atoms with E-state index in [1.54, 1.807) is 24.3 Å². The van der Waals surface area contributed by atoms with Gasteiger partial charge in [-0.25, -0.2) is 8.42 Å². The molecule has 1 amide bonds. The van der Waals surface area contributed by atoms with Crippen molar-refractivity contribution in [2.24, 2.45) is 0 Å². The molecular weight excluding hydrogens is 316 g/mol. The average Bonchev–Trinajstić information content (AvgIpc) is 2.53. The van der Waals surface area contributed by atoms with Crippen molar-refractivity contribution < 1.29 is 17.9 Å². The molecule has 0 aliphatic carbocycles. The third kappa shape index (κ3) is 4.83. The summed E-state index contributed by atoms with van der Waals surface area (Å²) in [6.07, 6.45) is 1.12. The highest BCUT2D eigenvalue weighted by atomic mass is 32.2. The van der Waals surface area contributed by atoms with Crippen LogP contribution >= 0.6 is 0 Å². The smallest absolute Gasteiger partial charge is 0.262 e. The molecule has 2 aromatic carbocycles. The first-order valence-corrected chi connectivity index (χ1v) is 8.50. The molecule has 7 heteroatoms. The maximum absolute atomic E-state index is 11.8. The highest BCUT2D eigenvalue weighted by Crippen LogP contribution is 2.14. The molecule has 0 saturated heterocycles. The van der Waals surface area contributed by atoms with Gasteiger partial charge in [-0.2, -0.15) is 5.26 Å². The summed E-state index contributed by atoms with van der Waals surface area (Å²) in [7, 11) is -3.26. The van der Waals surface area contributed by atoms with E-state index in [0.717, 1.165) is 6.26 Å². The molecule has 0 atom stereocenters. The van der Waals surface area contributed by atoms with Crippen molar-refractivity contribution >= 4 is 21.4 Å². The van der Waals surface area contributed by atoms with Gasteiger partial charge in [-0.1, -0.05) is 0 Å². The maximum Gasteiger partial charge on any atom is 0.262 e. The summed E-state index contributed by atoms with van der Waals surface area (Å²) in [5.74, 6) is 0.105. The molecule has 0 heterocycles. The zero-order valence-electron chi connectivity index (χ0n) is 12.3. The minimum atomic E-state index is -3.26. The number of anilines is 1. The van der Waals surface area contributed by atoms with Gasteiger partial charge in [0.05, 0.1) is 16.5 Å². The van der Waals surface area contributed by atoms with Crippen molar-refractivity contribution in [2.45, 2.75) is 4.90 Å². The van der Waals surface area contributed by atoms with Gasteiger partial charge in [-0.15, -0.1) is 0 Å². The van der Waals surface area contributed by atoms with Crippen LogP contribution in [0.5, 0.6) is 5.75 Å². The van der Waals surface area contributed by atoms with E-state index < -0.39 is 9.84 Å². The molecule has 0 spiro atoms. The van der Waals surface area contributed by atoms with Crippen LogP contribution in [-0.4, -0.2) is 27.2 Å². The minimum Gasteiger partial charge on any atom is -0.484 e. The molecular formula is C16H14N2O4S. The number of nitriles is 1. The molecule has 2 rings (SSSR count). The van der Waals surface area contributed by atoms with Gasteiger partial charge in [-0.3, -0.25) is 4.79 Å². The SMILES string of the molecule is CS(=O)(=O)c1ccc(NC(=O)COc2ccc(C#N)cc2)cc1. The average molecular weight is 330 g/mol. The highest BCUT2D eigenvalue weighted by molar-refractivity contribution is 7.90. The fourth-order valence-corrected chi connectivity index (χ4v) is 2.39. The number of sulfone groups is 1. The van der Waals surface area contributed by atoms with Crippen LogP contribution in [0.1, 0.15) is 5.56 Å². The molecule has 0 unspecified atom stereocenters. The van der Waals surface area contributed by atoms with E-state index in [1.165, 1.54) is 24.3 Å². The number of amides is 1. The zero-order valence-corrected chi connectivity index (χ0v) is 13.1. The number of nitrogens with zero attached hydrogens (tertiary/aromatic N) is 1. The van der Waals surface area contributed by atoms with E-state index in [-0.39, 0.29) is 17.4 Å². The third-order valence-electron chi connectivity index (χ3n) is 2.92. The molecule has 0 saturated carbocycles. The molecule has 0 bridgehead atoms. The Kier molecular flexibility index (Phi) is 4.98. The number of carbonyl (C=O) groups excluding carboxylic acids is 1. The number of ether oxygens (including phenoxy) is 1. The van der Waals surface area contributed by atoms with Crippen molar-refractivity contribution in [3.63, 3.8) is 0 Å². The summed E-state index contributed by atoms with van der Waals surface area (Å²) in [4.78, 5) is 12.0. The minimum absolute atomic E-state index is 0.185. The number of carbonyl (C=O) groups is 1. The first kappa shape index (κ1) is 16.5. The number of hydrogen-bond acceptors (Lipinski definition) is 5. The first-order valence-electron chi connectivity index (χ1n) is 6.61. The zero-order chi connectivity index (χ0) is 16.9. The van der Waals surface area contributed by atoms with Gasteiger partial charge >= 0.3 is 0 Å². The van der Waals surface area contributed by atoms with Gasteiger partial charge < -0.3 is 10.1 Å². The van der Waals surface area contributed by atoms with E-state index >= 15 is 0 Å². The maximum atomic E-state index is 11.8. The quantitative estimate of drug-likeness (QED) is 0.904. The monoisotopic (exact) mass is 330 g/mol. The van der Waals surface area contributed by atoms with E-state index in [0.29, 0.717) is 17.0 Å². The summed E-state index contributed by atoms with van der Waals surface area (Å²) in [6, 6.07) is 14.3. The molecule has 0 radical (unpaired) electrons. The van der Waals surface area contributed by atoms with Crippen molar-refractivity contribution in [3.8, 4) is 11.8 Å². The van der Waals surface area contributed by atoms with Crippen LogP contribution in [0.2, 0.25) is 0 Å². The van der Waals surface area contributed by atoms with Gasteiger partial charge in [0.25, 0.3) is 5.91 Å². The van der Waals surface area contributed by atoms with Gasteiger partial charge in [0.2, 0.25) is 0 Å². The Morgan fingerprint density at radius 1 is 1.13 bits per heavy atom. The molecule has 6 nitrogen and oxygen atoms in total. The van der Waals surface area contributed by atoms with Crippen molar-refractivity contribution in [3.05, 3.63) is 54.1 Å². The number of nitrogens with one attached hydrogen (secondary N) is 1. The normalized spacial score (nSPS) is 10.6. The Morgan fingerprint density at radius 2 is 1.74 bits per heavy atom. The molecule has 0 aliphatic rings. The van der Waals surface area contributed by atoms with Crippen LogP contribution in [0.3, 0.4) is 0 Å². The van der Waals surface area contributed by atoms with Gasteiger partial charge in [0.1, 0.15) is 5.75 Å². The first-order chi connectivity index (χ1) is 10.9. The Balaban J connectivity index is 1.90. The van der Waals surface area contributed by atoms with E-state index in [4.69, 9.17) is 10.00 Å². The van der Waals surface area contributed by atoms with Crippen molar-refractivity contribution in [1.82, 2.24) is 0 Å². The summed E-state index contributed by atoms with van der Waals surface area (Å²) < 4.78 is 28.0. The molecule has 0 fully saturated rings. The lowest BCUT2D eigenvalue weighted by Gasteiger charge is -2.08. The standard InChI is InChI=1S/C16H14N2O4S/c1-23(20,21)15-8-4-13(5-9-15)18-16(19)11-22-14-6-2-12(10-17)3-7-14/h2-9H,11H2,1H3,(H,18,19). The lowest BCUT2D eigenvalue weighted by Crippen LogP contribution is -2.20. The second-order valence-corrected chi connectivity index (χ2v) is 6.79. The highest BCUT2D eigenvalue weighted by Gasteiger charge is 2.08. The van der Waals surface area contributed by atoms with E-state index in [1.807, 2.05) is 6.07 Å². The Bertz CT molecular complexity index is 835. The number of benzene rings is 2. The number of rotatable bonds is 5. The second-order valence-electron chi connectivity index (χ2n) is 4.77. The number of hydrogen-bond donors (Lipinski definition) is 1. The van der Waals surface area contributed by atoms with Crippen LogP contribution in [-0.2, 0) is 14.6 Å². The lowest BCUT2D eigenvalue weighted by atomic mass is 10.2. The molecule has 118 valence electrons. The molecule has 2 aromatic rings. The summed E-state index contributed by atoms with van der Waals surface area (Å²) >= 11 is 0. The third-order valence-corrected chi connectivity index (χ3v) is 4.05. The van der Waals surface area contributed by atoms with Crippen LogP contribution in [0.4, 0.5) is 5.69 Å². The van der Waals surface area contributed by atoms with E-state index in [2.05, 4.69) is 5.32 Å². The lowest BCUT2D eigenvalue weighted by molar-refractivity contribution is -0.118. The summed E-state index contributed by atoms with van der Waals surface area (Å²) in [5.41, 5.74) is 0.985. The Hall–Kier alpha value is -2.85. The summed E-state index contributed by atoms with van der Waals surface area (Å²) in [5, 5.41) is 11.3. The molecule has 0 aliphatic heterocycles. The van der Waals surface area contributed by atoms with Gasteiger partial charge in [-0.05, 0) is 48.5 Å². The second kappa shape index (κ2) is 6.94. The van der Waals surface area contributed by atoms with Crippen LogP contribution in [0.15, 0.2) is 53.4 Å². The largest absolute Gasteiger partial charge is 0.484 e.